The lowest BCUT2D eigenvalue weighted by Crippen LogP contribution is -2.37. The number of aryl methyl sites for hydroxylation is 2. The van der Waals surface area contributed by atoms with Crippen molar-refractivity contribution >= 4 is 27.3 Å². The average Bonchev–Trinajstić information content (AvgIpc) is 2.59. The Labute approximate surface area is 159 Å². The molecule has 1 heterocycles. The number of fused-ring (bicyclic) bond motifs is 1. The van der Waals surface area contributed by atoms with E-state index in [1.807, 2.05) is 0 Å². The van der Waals surface area contributed by atoms with Gasteiger partial charge in [-0.25, -0.2) is 12.8 Å². The third-order valence-electron chi connectivity index (χ3n) is 4.52. The molecule has 7 heteroatoms. The van der Waals surface area contributed by atoms with Crippen LogP contribution in [0.5, 0.6) is 0 Å². The first-order valence-electron chi connectivity index (χ1n) is 8.89. The van der Waals surface area contributed by atoms with Gasteiger partial charge in [-0.3, -0.25) is 9.52 Å². The zero-order valence-corrected chi connectivity index (χ0v) is 16.4. The van der Waals surface area contributed by atoms with Gasteiger partial charge in [0.15, 0.2) is 0 Å². The highest BCUT2D eigenvalue weighted by molar-refractivity contribution is 7.92. The first-order valence-corrected chi connectivity index (χ1v) is 10.4. The Balaban J connectivity index is 1.89. The third kappa shape index (κ3) is 4.13. The van der Waals surface area contributed by atoms with E-state index < -0.39 is 15.8 Å². The third-order valence-corrected chi connectivity index (χ3v) is 5.90. The van der Waals surface area contributed by atoms with E-state index in [4.69, 9.17) is 0 Å². The normalized spacial score (nSPS) is 14.4. The second-order valence-corrected chi connectivity index (χ2v) is 8.94. The summed E-state index contributed by atoms with van der Waals surface area (Å²) in [5.74, 6) is -0.0243. The monoisotopic (exact) mass is 390 g/mol. The second-order valence-electron chi connectivity index (χ2n) is 7.26. The summed E-state index contributed by atoms with van der Waals surface area (Å²) in [6.45, 7) is 6.25. The quantitative estimate of drug-likeness (QED) is 0.843. The van der Waals surface area contributed by atoms with Crippen LogP contribution in [0.3, 0.4) is 0 Å². The summed E-state index contributed by atoms with van der Waals surface area (Å²) in [5, 5.41) is 0. The number of nitrogens with one attached hydrogen (secondary N) is 1. The number of rotatable bonds is 5. The molecule has 1 aliphatic heterocycles. The van der Waals surface area contributed by atoms with Crippen LogP contribution in [0, 0.1) is 18.7 Å². The van der Waals surface area contributed by atoms with E-state index in [-0.39, 0.29) is 16.4 Å². The van der Waals surface area contributed by atoms with Gasteiger partial charge in [-0.15, -0.1) is 0 Å². The molecule has 2 aromatic carbocycles. The predicted molar refractivity (Wildman–Crippen MR) is 104 cm³/mol. The van der Waals surface area contributed by atoms with Gasteiger partial charge in [-0.2, -0.15) is 0 Å². The minimum atomic E-state index is -3.82. The summed E-state index contributed by atoms with van der Waals surface area (Å²) in [6, 6.07) is 8.89. The lowest BCUT2D eigenvalue weighted by atomic mass is 9.99. The Morgan fingerprint density at radius 2 is 1.89 bits per heavy atom. The summed E-state index contributed by atoms with van der Waals surface area (Å²) in [6.07, 6.45) is 0.987. The number of amides is 1. The molecule has 3 rings (SSSR count). The predicted octanol–water partition coefficient (Wildman–Crippen LogP) is 3.87. The van der Waals surface area contributed by atoms with Gasteiger partial charge in [0.2, 0.25) is 5.91 Å². The van der Waals surface area contributed by atoms with Gasteiger partial charge in [-0.1, -0.05) is 13.8 Å². The van der Waals surface area contributed by atoms with Crippen molar-refractivity contribution in [2.24, 2.45) is 5.92 Å². The molecule has 0 aliphatic carbocycles. The van der Waals surface area contributed by atoms with Crippen molar-refractivity contribution in [2.45, 2.75) is 38.5 Å². The molecule has 144 valence electrons. The smallest absolute Gasteiger partial charge is 0.261 e. The molecule has 27 heavy (non-hydrogen) atoms. The van der Waals surface area contributed by atoms with Crippen LogP contribution >= 0.6 is 0 Å². The molecule has 0 radical (unpaired) electrons. The minimum absolute atomic E-state index is 0.00994. The summed E-state index contributed by atoms with van der Waals surface area (Å²) < 4.78 is 41.2. The minimum Gasteiger partial charge on any atom is -0.312 e. The second kappa shape index (κ2) is 7.31. The van der Waals surface area contributed by atoms with Gasteiger partial charge < -0.3 is 4.90 Å². The van der Waals surface area contributed by atoms with Crippen molar-refractivity contribution in [1.82, 2.24) is 0 Å². The number of anilines is 2. The van der Waals surface area contributed by atoms with Crippen molar-refractivity contribution in [3.8, 4) is 0 Å². The van der Waals surface area contributed by atoms with E-state index >= 15 is 0 Å². The Hall–Kier alpha value is -2.41. The molecule has 1 N–H and O–H groups in total. The molecular formula is C20H23FN2O3S. The van der Waals surface area contributed by atoms with Gasteiger partial charge in [0.1, 0.15) is 5.82 Å². The number of hydrogen-bond donors (Lipinski definition) is 1. The van der Waals surface area contributed by atoms with E-state index in [9.17, 15) is 17.6 Å². The van der Waals surface area contributed by atoms with Crippen LogP contribution in [0.25, 0.3) is 0 Å². The SMILES string of the molecule is Cc1cc(S(=O)(=O)Nc2ccc3c(c2)CCC(=O)N3CC(C)C)ccc1F. The fourth-order valence-corrected chi connectivity index (χ4v) is 4.32. The molecule has 5 nitrogen and oxygen atoms in total. The molecular weight excluding hydrogens is 367 g/mol. The number of halogens is 1. The van der Waals surface area contributed by atoms with Crippen molar-refractivity contribution in [2.75, 3.05) is 16.2 Å². The zero-order valence-electron chi connectivity index (χ0n) is 15.6. The van der Waals surface area contributed by atoms with E-state index in [1.165, 1.54) is 19.1 Å². The first kappa shape index (κ1) is 19.4. The topological polar surface area (TPSA) is 66.5 Å². The molecule has 0 fully saturated rings. The van der Waals surface area contributed by atoms with Gasteiger partial charge in [-0.05, 0) is 66.8 Å². The molecule has 0 saturated heterocycles. The average molecular weight is 390 g/mol. The maximum atomic E-state index is 13.4. The number of carbonyl (C=O) groups excluding carboxylic acids is 1. The maximum Gasteiger partial charge on any atom is 0.261 e. The molecule has 0 bridgehead atoms. The highest BCUT2D eigenvalue weighted by atomic mass is 32.2. The lowest BCUT2D eigenvalue weighted by molar-refractivity contribution is -0.119. The van der Waals surface area contributed by atoms with Crippen molar-refractivity contribution < 1.29 is 17.6 Å². The molecule has 0 spiro atoms. The Morgan fingerprint density at radius 3 is 2.56 bits per heavy atom. The fraction of sp³-hybridized carbons (Fsp3) is 0.350. The van der Waals surface area contributed by atoms with Crippen LogP contribution < -0.4 is 9.62 Å². The van der Waals surface area contributed by atoms with Crippen molar-refractivity contribution in [3.63, 3.8) is 0 Å². The van der Waals surface area contributed by atoms with Gasteiger partial charge >= 0.3 is 0 Å². The van der Waals surface area contributed by atoms with Crippen LogP contribution in [0.2, 0.25) is 0 Å². The lowest BCUT2D eigenvalue weighted by Gasteiger charge is -2.31. The molecule has 0 unspecified atom stereocenters. The molecule has 1 aliphatic rings. The number of sulfonamides is 1. The molecule has 0 saturated carbocycles. The highest BCUT2D eigenvalue weighted by Gasteiger charge is 2.25. The van der Waals surface area contributed by atoms with Gasteiger partial charge in [0, 0.05) is 24.3 Å². The fourth-order valence-electron chi connectivity index (χ4n) is 3.19. The summed E-state index contributed by atoms with van der Waals surface area (Å²) in [5.41, 5.74) is 2.46. The van der Waals surface area contributed by atoms with Crippen LogP contribution in [0.4, 0.5) is 15.8 Å². The molecule has 1 amide bonds. The van der Waals surface area contributed by atoms with E-state index in [2.05, 4.69) is 18.6 Å². The van der Waals surface area contributed by atoms with Crippen LogP contribution in [-0.4, -0.2) is 20.9 Å². The number of nitrogens with zero attached hydrogens (tertiary/aromatic N) is 1. The number of hydrogen-bond acceptors (Lipinski definition) is 3. The standard InChI is InChI=1S/C20H23FN2O3S/c1-13(2)12-23-19-8-5-16(11-15(19)4-9-20(23)24)22-27(25,26)17-6-7-18(21)14(3)10-17/h5-8,10-11,13,22H,4,9,12H2,1-3H3. The number of carbonyl (C=O) groups is 1. The summed E-state index contributed by atoms with van der Waals surface area (Å²) in [7, 11) is -3.82. The zero-order chi connectivity index (χ0) is 19.8. The maximum absolute atomic E-state index is 13.4. The van der Waals surface area contributed by atoms with E-state index in [0.717, 1.165) is 17.3 Å². The van der Waals surface area contributed by atoms with Gasteiger partial charge in [0.25, 0.3) is 10.0 Å². The van der Waals surface area contributed by atoms with E-state index in [0.29, 0.717) is 31.0 Å². The van der Waals surface area contributed by atoms with Crippen LogP contribution in [-0.2, 0) is 21.2 Å². The van der Waals surface area contributed by atoms with Crippen LogP contribution in [0.15, 0.2) is 41.3 Å². The van der Waals surface area contributed by atoms with Crippen LogP contribution in [0.1, 0.15) is 31.4 Å². The Kier molecular flexibility index (Phi) is 5.24. The Bertz CT molecular complexity index is 987. The molecule has 0 aromatic heterocycles. The summed E-state index contributed by atoms with van der Waals surface area (Å²) >= 11 is 0. The summed E-state index contributed by atoms with van der Waals surface area (Å²) in [4.78, 5) is 14.0. The molecule has 0 atom stereocenters. The van der Waals surface area contributed by atoms with Crippen molar-refractivity contribution in [1.29, 1.82) is 0 Å². The molecule has 2 aromatic rings. The first-order chi connectivity index (χ1) is 12.7. The highest BCUT2D eigenvalue weighted by Crippen LogP contribution is 2.31. The van der Waals surface area contributed by atoms with Crippen molar-refractivity contribution in [3.05, 3.63) is 53.3 Å². The Morgan fingerprint density at radius 1 is 1.15 bits per heavy atom. The largest absolute Gasteiger partial charge is 0.312 e. The number of benzene rings is 2. The van der Waals surface area contributed by atoms with Gasteiger partial charge in [0.05, 0.1) is 4.90 Å². The van der Waals surface area contributed by atoms with E-state index in [1.54, 1.807) is 23.1 Å².